The first-order valence-corrected chi connectivity index (χ1v) is 7.49. The number of nitrogens with two attached hydrogens (primary N) is 1. The van der Waals surface area contributed by atoms with Gasteiger partial charge in [0.25, 0.3) is 0 Å². The third-order valence-corrected chi connectivity index (χ3v) is 4.22. The Hall–Kier alpha value is -1.24. The van der Waals surface area contributed by atoms with Gasteiger partial charge in [0.1, 0.15) is 10.7 Å². The molecule has 108 valence electrons. The molecule has 2 fully saturated rings. The standard InChI is InChI=1S/C14H20N4OS/c15-14(20)13-12(4-1-5-16-13)17-7-11-8-18-6-2-3-10(18)9-19-11/h1,4-5,10-11,17H,2-3,6-9H2,(H2,15,20). The van der Waals surface area contributed by atoms with Crippen LogP contribution in [0.2, 0.25) is 0 Å². The van der Waals surface area contributed by atoms with Crippen LogP contribution in [-0.2, 0) is 4.74 Å². The number of ether oxygens (including phenoxy) is 1. The van der Waals surface area contributed by atoms with E-state index in [9.17, 15) is 0 Å². The second-order valence-electron chi connectivity index (χ2n) is 5.39. The van der Waals surface area contributed by atoms with Crippen molar-refractivity contribution in [2.45, 2.75) is 25.0 Å². The number of nitrogens with one attached hydrogen (secondary N) is 1. The van der Waals surface area contributed by atoms with Gasteiger partial charge in [-0.2, -0.15) is 0 Å². The van der Waals surface area contributed by atoms with Crippen LogP contribution in [0.5, 0.6) is 0 Å². The molecule has 0 saturated carbocycles. The van der Waals surface area contributed by atoms with Gasteiger partial charge in [-0.25, -0.2) is 0 Å². The van der Waals surface area contributed by atoms with Crippen molar-refractivity contribution in [3.63, 3.8) is 0 Å². The Morgan fingerprint density at radius 2 is 2.50 bits per heavy atom. The number of fused-ring (bicyclic) bond motifs is 1. The highest BCUT2D eigenvalue weighted by Crippen LogP contribution is 2.23. The average molecular weight is 292 g/mol. The lowest BCUT2D eigenvalue weighted by atomic mass is 10.2. The number of aromatic nitrogens is 1. The summed E-state index contributed by atoms with van der Waals surface area (Å²) in [7, 11) is 0. The van der Waals surface area contributed by atoms with E-state index < -0.39 is 0 Å². The normalized spacial score (nSPS) is 26.2. The Bertz CT molecular complexity index is 496. The summed E-state index contributed by atoms with van der Waals surface area (Å²) >= 11 is 5.02. The lowest BCUT2D eigenvalue weighted by Gasteiger charge is -2.35. The molecule has 20 heavy (non-hydrogen) atoms. The summed E-state index contributed by atoms with van der Waals surface area (Å²) in [5.74, 6) is 0. The van der Waals surface area contributed by atoms with Crippen molar-refractivity contribution in [1.29, 1.82) is 0 Å². The number of hydrogen-bond acceptors (Lipinski definition) is 5. The molecule has 5 nitrogen and oxygen atoms in total. The minimum atomic E-state index is 0.212. The van der Waals surface area contributed by atoms with E-state index in [1.54, 1.807) is 6.20 Å². The summed E-state index contributed by atoms with van der Waals surface area (Å²) in [5.41, 5.74) is 7.21. The van der Waals surface area contributed by atoms with E-state index in [4.69, 9.17) is 22.7 Å². The number of morpholine rings is 1. The van der Waals surface area contributed by atoms with Gasteiger partial charge in [-0.3, -0.25) is 9.88 Å². The van der Waals surface area contributed by atoms with Gasteiger partial charge >= 0.3 is 0 Å². The molecule has 3 N–H and O–H groups in total. The summed E-state index contributed by atoms with van der Waals surface area (Å²) in [6.45, 7) is 3.81. The monoisotopic (exact) mass is 292 g/mol. The van der Waals surface area contributed by atoms with Crippen LogP contribution >= 0.6 is 12.2 Å². The minimum Gasteiger partial charge on any atom is -0.388 e. The zero-order chi connectivity index (χ0) is 13.9. The van der Waals surface area contributed by atoms with Crippen LogP contribution in [0.15, 0.2) is 18.3 Å². The largest absolute Gasteiger partial charge is 0.388 e. The van der Waals surface area contributed by atoms with Crippen molar-refractivity contribution in [3.8, 4) is 0 Å². The molecule has 1 aromatic rings. The molecule has 1 aromatic heterocycles. The summed E-state index contributed by atoms with van der Waals surface area (Å²) in [6, 6.07) is 4.46. The van der Waals surface area contributed by atoms with E-state index in [0.717, 1.165) is 25.4 Å². The van der Waals surface area contributed by atoms with Gasteiger partial charge in [0.05, 0.1) is 18.4 Å². The number of pyridine rings is 1. The maximum atomic E-state index is 5.93. The molecule has 0 aliphatic carbocycles. The quantitative estimate of drug-likeness (QED) is 0.807. The first kappa shape index (κ1) is 13.7. The predicted molar refractivity (Wildman–Crippen MR) is 82.9 cm³/mol. The molecule has 2 aliphatic heterocycles. The molecule has 2 saturated heterocycles. The van der Waals surface area contributed by atoms with Crippen LogP contribution in [0.4, 0.5) is 5.69 Å². The van der Waals surface area contributed by atoms with Gasteiger partial charge in [-0.1, -0.05) is 12.2 Å². The van der Waals surface area contributed by atoms with E-state index in [-0.39, 0.29) is 6.10 Å². The van der Waals surface area contributed by atoms with Crippen molar-refractivity contribution >= 4 is 22.9 Å². The van der Waals surface area contributed by atoms with Gasteiger partial charge in [0.2, 0.25) is 0 Å². The molecule has 0 radical (unpaired) electrons. The SMILES string of the molecule is NC(=S)c1ncccc1NCC1CN2CCCC2CO1. The van der Waals surface area contributed by atoms with Crippen molar-refractivity contribution in [2.24, 2.45) is 5.73 Å². The molecular formula is C14H20N4OS. The average Bonchev–Trinajstić information content (AvgIpc) is 2.92. The zero-order valence-electron chi connectivity index (χ0n) is 11.4. The third kappa shape index (κ3) is 2.92. The summed E-state index contributed by atoms with van der Waals surface area (Å²) < 4.78 is 5.93. The van der Waals surface area contributed by atoms with Gasteiger partial charge in [-0.05, 0) is 31.5 Å². The third-order valence-electron chi connectivity index (χ3n) is 4.02. The molecule has 0 amide bonds. The zero-order valence-corrected chi connectivity index (χ0v) is 12.2. The van der Waals surface area contributed by atoms with Crippen LogP contribution in [0.3, 0.4) is 0 Å². The number of nitrogens with zero attached hydrogens (tertiary/aromatic N) is 2. The topological polar surface area (TPSA) is 63.4 Å². The smallest absolute Gasteiger partial charge is 0.124 e. The highest BCUT2D eigenvalue weighted by Gasteiger charge is 2.32. The summed E-state index contributed by atoms with van der Waals surface area (Å²) in [4.78, 5) is 7.07. The van der Waals surface area contributed by atoms with E-state index in [1.165, 1.54) is 19.4 Å². The van der Waals surface area contributed by atoms with Gasteiger partial charge in [0.15, 0.2) is 0 Å². The highest BCUT2D eigenvalue weighted by molar-refractivity contribution is 7.80. The summed E-state index contributed by atoms with van der Waals surface area (Å²) in [6.07, 6.45) is 4.48. The number of anilines is 1. The molecule has 0 spiro atoms. The fourth-order valence-corrected chi connectivity index (χ4v) is 3.14. The maximum absolute atomic E-state index is 5.93. The minimum absolute atomic E-state index is 0.212. The predicted octanol–water partition coefficient (Wildman–Crippen LogP) is 0.991. The summed E-state index contributed by atoms with van der Waals surface area (Å²) in [5, 5.41) is 3.36. The van der Waals surface area contributed by atoms with Crippen LogP contribution < -0.4 is 11.1 Å². The molecule has 6 heteroatoms. The van der Waals surface area contributed by atoms with Gasteiger partial charge in [0, 0.05) is 25.3 Å². The Balaban J connectivity index is 1.58. The Morgan fingerprint density at radius 1 is 1.60 bits per heavy atom. The molecule has 2 aliphatic rings. The van der Waals surface area contributed by atoms with E-state index in [1.807, 2.05) is 12.1 Å². The van der Waals surface area contributed by atoms with E-state index in [0.29, 0.717) is 16.7 Å². The molecule has 2 unspecified atom stereocenters. The number of thiocarbonyl (C=S) groups is 1. The van der Waals surface area contributed by atoms with Crippen molar-refractivity contribution < 1.29 is 4.74 Å². The Kier molecular flexibility index (Phi) is 4.14. The molecule has 2 atom stereocenters. The van der Waals surface area contributed by atoms with Crippen molar-refractivity contribution in [1.82, 2.24) is 9.88 Å². The first-order chi connectivity index (χ1) is 9.74. The Labute approximate surface area is 124 Å². The van der Waals surface area contributed by atoms with Crippen LogP contribution in [0.25, 0.3) is 0 Å². The van der Waals surface area contributed by atoms with E-state index in [2.05, 4.69) is 15.2 Å². The first-order valence-electron chi connectivity index (χ1n) is 7.08. The van der Waals surface area contributed by atoms with Gasteiger partial charge in [-0.15, -0.1) is 0 Å². The second kappa shape index (κ2) is 6.03. The van der Waals surface area contributed by atoms with E-state index >= 15 is 0 Å². The van der Waals surface area contributed by atoms with Crippen LogP contribution in [0, 0.1) is 0 Å². The molecular weight excluding hydrogens is 272 g/mol. The lowest BCUT2D eigenvalue weighted by Crippen LogP contribution is -2.48. The lowest BCUT2D eigenvalue weighted by molar-refractivity contribution is -0.0415. The van der Waals surface area contributed by atoms with Crippen LogP contribution in [-0.4, -0.2) is 53.3 Å². The number of hydrogen-bond donors (Lipinski definition) is 2. The van der Waals surface area contributed by atoms with Gasteiger partial charge < -0.3 is 15.8 Å². The van der Waals surface area contributed by atoms with Crippen molar-refractivity contribution in [2.75, 3.05) is 31.6 Å². The number of rotatable bonds is 4. The molecule has 3 heterocycles. The molecule has 0 bridgehead atoms. The highest BCUT2D eigenvalue weighted by atomic mass is 32.1. The fourth-order valence-electron chi connectivity index (χ4n) is 2.98. The Morgan fingerprint density at radius 3 is 3.35 bits per heavy atom. The fraction of sp³-hybridized carbons (Fsp3) is 0.571. The maximum Gasteiger partial charge on any atom is 0.124 e. The van der Waals surface area contributed by atoms with Crippen LogP contribution in [0.1, 0.15) is 18.5 Å². The molecule has 0 aromatic carbocycles. The molecule has 3 rings (SSSR count). The van der Waals surface area contributed by atoms with Crippen molar-refractivity contribution in [3.05, 3.63) is 24.0 Å². The second-order valence-corrected chi connectivity index (χ2v) is 5.83.